The SMILES string of the molecule is CC(C)(C)[Si](C)(C)OCc1cc(C2CCC(=O)CC2)ccc1-c1ccn[nH]1. The molecule has 0 radical (unpaired) electrons. The number of hydrogen-bond donors (Lipinski definition) is 1. The van der Waals surface area contributed by atoms with E-state index >= 15 is 0 Å². The Balaban J connectivity index is 1.88. The minimum Gasteiger partial charge on any atom is -0.413 e. The highest BCUT2D eigenvalue weighted by Gasteiger charge is 2.37. The lowest BCUT2D eigenvalue weighted by atomic mass is 9.82. The minimum absolute atomic E-state index is 0.183. The van der Waals surface area contributed by atoms with E-state index < -0.39 is 8.32 Å². The highest BCUT2D eigenvalue weighted by Crippen LogP contribution is 2.38. The van der Waals surface area contributed by atoms with E-state index in [4.69, 9.17) is 4.43 Å². The van der Waals surface area contributed by atoms with Gasteiger partial charge >= 0.3 is 0 Å². The summed E-state index contributed by atoms with van der Waals surface area (Å²) in [5, 5.41) is 7.38. The zero-order valence-corrected chi connectivity index (χ0v) is 18.3. The molecule has 1 aliphatic rings. The summed E-state index contributed by atoms with van der Waals surface area (Å²) in [6.45, 7) is 12.0. The Kier molecular flexibility index (Phi) is 5.73. The monoisotopic (exact) mass is 384 g/mol. The van der Waals surface area contributed by atoms with Crippen molar-refractivity contribution in [2.45, 2.75) is 77.1 Å². The molecule has 1 aromatic heterocycles. The lowest BCUT2D eigenvalue weighted by molar-refractivity contribution is -0.120. The average Bonchev–Trinajstić information content (AvgIpc) is 3.14. The fourth-order valence-electron chi connectivity index (χ4n) is 3.40. The van der Waals surface area contributed by atoms with Crippen molar-refractivity contribution in [3.05, 3.63) is 41.6 Å². The molecule has 5 heteroatoms. The third kappa shape index (κ3) is 4.58. The van der Waals surface area contributed by atoms with Crippen LogP contribution in [0.2, 0.25) is 18.1 Å². The summed E-state index contributed by atoms with van der Waals surface area (Å²) >= 11 is 0. The summed E-state index contributed by atoms with van der Waals surface area (Å²) < 4.78 is 6.53. The Hall–Kier alpha value is -1.72. The largest absolute Gasteiger partial charge is 0.413 e. The van der Waals surface area contributed by atoms with Crippen LogP contribution in [-0.4, -0.2) is 24.3 Å². The number of carbonyl (C=O) groups is 1. The minimum atomic E-state index is -1.83. The Morgan fingerprint density at radius 2 is 1.89 bits per heavy atom. The van der Waals surface area contributed by atoms with Gasteiger partial charge in [-0.25, -0.2) is 0 Å². The van der Waals surface area contributed by atoms with Gasteiger partial charge in [-0.1, -0.05) is 39.0 Å². The maximum absolute atomic E-state index is 11.6. The second kappa shape index (κ2) is 7.72. The fourth-order valence-corrected chi connectivity index (χ4v) is 4.35. The highest BCUT2D eigenvalue weighted by molar-refractivity contribution is 6.74. The van der Waals surface area contributed by atoms with E-state index in [0.717, 1.165) is 24.1 Å². The maximum atomic E-state index is 11.6. The summed E-state index contributed by atoms with van der Waals surface area (Å²) in [5.41, 5.74) is 4.72. The van der Waals surface area contributed by atoms with E-state index in [2.05, 4.69) is 62.3 Å². The number of hydrogen-bond acceptors (Lipinski definition) is 3. The van der Waals surface area contributed by atoms with Crippen LogP contribution in [0.1, 0.15) is 63.5 Å². The molecule has 1 fully saturated rings. The first-order valence-electron chi connectivity index (χ1n) is 9.95. The van der Waals surface area contributed by atoms with Gasteiger partial charge in [0.25, 0.3) is 0 Å². The number of Topliss-reactive ketones (excluding diaryl/α,β-unsaturated/α-hetero) is 1. The molecular formula is C22H32N2O2Si. The first-order chi connectivity index (χ1) is 12.7. The summed E-state index contributed by atoms with van der Waals surface area (Å²) in [6, 6.07) is 8.70. The number of benzene rings is 1. The van der Waals surface area contributed by atoms with E-state index in [9.17, 15) is 4.79 Å². The molecule has 0 atom stereocenters. The van der Waals surface area contributed by atoms with Gasteiger partial charge in [0.1, 0.15) is 5.78 Å². The third-order valence-corrected chi connectivity index (χ3v) is 10.8. The topological polar surface area (TPSA) is 55.0 Å². The van der Waals surface area contributed by atoms with Crippen molar-refractivity contribution in [1.29, 1.82) is 0 Å². The second-order valence-electron chi connectivity index (χ2n) is 9.25. The van der Waals surface area contributed by atoms with Gasteiger partial charge in [-0.3, -0.25) is 9.89 Å². The summed E-state index contributed by atoms with van der Waals surface area (Å²) in [4.78, 5) is 11.6. The van der Waals surface area contributed by atoms with Gasteiger partial charge in [0.05, 0.1) is 12.3 Å². The zero-order chi connectivity index (χ0) is 19.7. The average molecular weight is 385 g/mol. The van der Waals surface area contributed by atoms with E-state index in [1.807, 2.05) is 6.07 Å². The van der Waals surface area contributed by atoms with Crippen LogP contribution < -0.4 is 0 Å². The molecule has 3 rings (SSSR count). The number of nitrogens with one attached hydrogen (secondary N) is 1. The maximum Gasteiger partial charge on any atom is 0.192 e. The molecule has 0 amide bonds. The number of ketones is 1. The normalized spacial score (nSPS) is 16.7. The Bertz CT molecular complexity index is 781. The van der Waals surface area contributed by atoms with Crippen LogP contribution in [0.5, 0.6) is 0 Å². The number of H-pyrrole nitrogens is 1. The Morgan fingerprint density at radius 1 is 1.19 bits per heavy atom. The van der Waals surface area contributed by atoms with Crippen molar-refractivity contribution in [2.24, 2.45) is 0 Å². The molecule has 0 saturated heterocycles. The summed E-state index contributed by atoms with van der Waals surface area (Å²) in [6.07, 6.45) is 5.13. The number of aromatic amines is 1. The quantitative estimate of drug-likeness (QED) is 0.660. The first kappa shape index (κ1) is 20.0. The van der Waals surface area contributed by atoms with Crippen molar-refractivity contribution in [3.8, 4) is 11.3 Å². The van der Waals surface area contributed by atoms with Crippen LogP contribution in [0.4, 0.5) is 0 Å². The van der Waals surface area contributed by atoms with Crippen molar-refractivity contribution in [1.82, 2.24) is 10.2 Å². The summed E-state index contributed by atoms with van der Waals surface area (Å²) in [5.74, 6) is 0.881. The molecular weight excluding hydrogens is 352 g/mol. The van der Waals surface area contributed by atoms with Gasteiger partial charge in [0, 0.05) is 24.6 Å². The van der Waals surface area contributed by atoms with E-state index in [-0.39, 0.29) is 5.04 Å². The van der Waals surface area contributed by atoms with Gasteiger partial charge in [-0.2, -0.15) is 5.10 Å². The zero-order valence-electron chi connectivity index (χ0n) is 17.3. The van der Waals surface area contributed by atoms with Gasteiger partial charge in [-0.15, -0.1) is 0 Å². The molecule has 0 spiro atoms. The molecule has 1 aliphatic carbocycles. The van der Waals surface area contributed by atoms with Crippen LogP contribution in [-0.2, 0) is 15.8 Å². The molecule has 1 aromatic carbocycles. The molecule has 2 aromatic rings. The predicted molar refractivity (Wildman–Crippen MR) is 112 cm³/mol. The smallest absolute Gasteiger partial charge is 0.192 e. The molecule has 1 saturated carbocycles. The van der Waals surface area contributed by atoms with Crippen LogP contribution in [0.3, 0.4) is 0 Å². The van der Waals surface area contributed by atoms with Crippen LogP contribution in [0.25, 0.3) is 11.3 Å². The van der Waals surface area contributed by atoms with Crippen LogP contribution in [0, 0.1) is 0 Å². The van der Waals surface area contributed by atoms with E-state index in [1.165, 1.54) is 11.1 Å². The van der Waals surface area contributed by atoms with Gasteiger partial charge in [0.2, 0.25) is 0 Å². The molecule has 1 heterocycles. The Labute approximate surface area is 163 Å². The first-order valence-corrected chi connectivity index (χ1v) is 12.9. The molecule has 0 bridgehead atoms. The van der Waals surface area contributed by atoms with Gasteiger partial charge < -0.3 is 4.43 Å². The molecule has 27 heavy (non-hydrogen) atoms. The fraction of sp³-hybridized carbons (Fsp3) is 0.545. The lowest BCUT2D eigenvalue weighted by Crippen LogP contribution is -2.40. The van der Waals surface area contributed by atoms with Crippen molar-refractivity contribution < 1.29 is 9.22 Å². The number of aromatic nitrogens is 2. The van der Waals surface area contributed by atoms with E-state index in [0.29, 0.717) is 31.1 Å². The van der Waals surface area contributed by atoms with Gasteiger partial charge in [0.15, 0.2) is 8.32 Å². The van der Waals surface area contributed by atoms with Crippen molar-refractivity contribution in [3.63, 3.8) is 0 Å². The molecule has 146 valence electrons. The Morgan fingerprint density at radius 3 is 2.48 bits per heavy atom. The third-order valence-electron chi connectivity index (χ3n) is 6.33. The molecule has 4 nitrogen and oxygen atoms in total. The number of carbonyl (C=O) groups excluding carboxylic acids is 1. The summed E-state index contributed by atoms with van der Waals surface area (Å²) in [7, 11) is -1.83. The number of rotatable bonds is 5. The van der Waals surface area contributed by atoms with Crippen LogP contribution in [0.15, 0.2) is 30.5 Å². The van der Waals surface area contributed by atoms with E-state index in [1.54, 1.807) is 6.20 Å². The second-order valence-corrected chi connectivity index (χ2v) is 14.1. The number of nitrogens with zero attached hydrogens (tertiary/aromatic N) is 1. The molecule has 0 unspecified atom stereocenters. The highest BCUT2D eigenvalue weighted by atomic mass is 28.4. The lowest BCUT2D eigenvalue weighted by Gasteiger charge is -2.36. The molecule has 0 aliphatic heterocycles. The molecule has 1 N–H and O–H groups in total. The van der Waals surface area contributed by atoms with Crippen molar-refractivity contribution in [2.75, 3.05) is 0 Å². The van der Waals surface area contributed by atoms with Crippen molar-refractivity contribution >= 4 is 14.1 Å². The van der Waals surface area contributed by atoms with Crippen LogP contribution >= 0.6 is 0 Å². The standard InChI is InChI=1S/C22H32N2O2Si/c1-22(2,3)27(4,5)26-15-18-14-17(16-6-9-19(25)10-7-16)8-11-20(18)21-12-13-23-24-21/h8,11-14,16H,6-7,9-10,15H2,1-5H3,(H,23,24). The van der Waals surface area contributed by atoms with Gasteiger partial charge in [-0.05, 0) is 54.1 Å². The predicted octanol–water partition coefficient (Wildman–Crippen LogP) is 5.83.